The molecule has 0 spiro atoms. The number of amides is 1. The fourth-order valence-electron chi connectivity index (χ4n) is 3.99. The van der Waals surface area contributed by atoms with Gasteiger partial charge in [0.25, 0.3) is 0 Å². The molecule has 1 saturated heterocycles. The molecule has 1 aromatic heterocycles. The second kappa shape index (κ2) is 9.82. The predicted octanol–water partition coefficient (Wildman–Crippen LogP) is 3.26. The molecule has 0 unspecified atom stereocenters. The summed E-state index contributed by atoms with van der Waals surface area (Å²) in [4.78, 5) is 19.6. The van der Waals surface area contributed by atoms with Crippen LogP contribution in [-0.2, 0) is 11.3 Å². The number of likely N-dealkylation sites (tertiary alicyclic amines) is 1. The summed E-state index contributed by atoms with van der Waals surface area (Å²) in [5.41, 5.74) is 1.28. The molecule has 2 aromatic rings. The minimum atomic E-state index is -0.152. The van der Waals surface area contributed by atoms with Crippen LogP contribution < -0.4 is 5.32 Å². The van der Waals surface area contributed by atoms with Crippen molar-refractivity contribution in [1.82, 2.24) is 25.0 Å². The van der Waals surface area contributed by atoms with Gasteiger partial charge in [0, 0.05) is 6.54 Å². The highest BCUT2D eigenvalue weighted by molar-refractivity contribution is 5.78. The molecule has 0 radical (unpaired) electrons. The van der Waals surface area contributed by atoms with E-state index in [0.717, 1.165) is 24.7 Å². The number of carbonyl (C=O) groups is 1. The van der Waals surface area contributed by atoms with Crippen LogP contribution in [0.3, 0.4) is 0 Å². The summed E-state index contributed by atoms with van der Waals surface area (Å²) < 4.78 is 1.82. The van der Waals surface area contributed by atoms with E-state index < -0.39 is 0 Å². The Morgan fingerprint density at radius 3 is 2.39 bits per heavy atom. The van der Waals surface area contributed by atoms with Gasteiger partial charge in [0.05, 0.1) is 18.5 Å². The number of hydrogen-bond donors (Lipinski definition) is 1. The van der Waals surface area contributed by atoms with Crippen LogP contribution >= 0.6 is 0 Å². The van der Waals surface area contributed by atoms with Crippen molar-refractivity contribution in [3.63, 3.8) is 0 Å². The third-order valence-corrected chi connectivity index (χ3v) is 5.59. The van der Waals surface area contributed by atoms with Crippen LogP contribution in [0.15, 0.2) is 30.3 Å². The summed E-state index contributed by atoms with van der Waals surface area (Å²) in [7, 11) is 0. The Bertz CT molecular complexity index is 750. The molecule has 1 fully saturated rings. The Labute approximate surface area is 168 Å². The molecule has 1 aliphatic rings. The van der Waals surface area contributed by atoms with E-state index in [0.29, 0.717) is 13.1 Å². The molecule has 6 nitrogen and oxygen atoms in total. The van der Waals surface area contributed by atoms with Gasteiger partial charge in [-0.25, -0.2) is 9.67 Å². The average Bonchev–Trinajstić information content (AvgIpc) is 2.88. The number of nitrogens with zero attached hydrogens (tertiary/aromatic N) is 4. The van der Waals surface area contributed by atoms with Crippen molar-refractivity contribution in [3.8, 4) is 0 Å². The van der Waals surface area contributed by atoms with Gasteiger partial charge in [-0.15, -0.1) is 0 Å². The number of aromatic nitrogens is 3. The Morgan fingerprint density at radius 2 is 1.79 bits per heavy atom. The van der Waals surface area contributed by atoms with Crippen molar-refractivity contribution in [2.75, 3.05) is 19.6 Å². The van der Waals surface area contributed by atoms with Crippen molar-refractivity contribution in [2.24, 2.45) is 5.92 Å². The SMILES string of the molecule is Cc1nc(C)n(C[C@H](C)C(=O)NC[C@@H](c2ccccc2)N2CCCCCC2)n1. The molecule has 1 aromatic carbocycles. The van der Waals surface area contributed by atoms with Gasteiger partial charge in [-0.05, 0) is 45.3 Å². The van der Waals surface area contributed by atoms with Gasteiger partial charge in [0.1, 0.15) is 11.6 Å². The Morgan fingerprint density at radius 1 is 1.11 bits per heavy atom. The first-order valence-electron chi connectivity index (χ1n) is 10.5. The lowest BCUT2D eigenvalue weighted by atomic mass is 10.0. The molecule has 1 N–H and O–H groups in total. The zero-order valence-corrected chi connectivity index (χ0v) is 17.4. The number of nitrogens with one attached hydrogen (secondary N) is 1. The predicted molar refractivity (Wildman–Crippen MR) is 111 cm³/mol. The molecule has 0 saturated carbocycles. The highest BCUT2D eigenvalue weighted by Crippen LogP contribution is 2.23. The van der Waals surface area contributed by atoms with Gasteiger partial charge >= 0.3 is 0 Å². The maximum absolute atomic E-state index is 12.8. The summed E-state index contributed by atoms with van der Waals surface area (Å²) in [5, 5.41) is 7.58. The molecule has 152 valence electrons. The first-order valence-corrected chi connectivity index (χ1v) is 10.5. The number of hydrogen-bond acceptors (Lipinski definition) is 4. The van der Waals surface area contributed by atoms with Crippen molar-refractivity contribution >= 4 is 5.91 Å². The molecule has 1 amide bonds. The quantitative estimate of drug-likeness (QED) is 0.797. The summed E-state index contributed by atoms with van der Waals surface area (Å²) in [5.74, 6) is 1.52. The van der Waals surface area contributed by atoms with E-state index in [9.17, 15) is 4.79 Å². The van der Waals surface area contributed by atoms with Crippen LogP contribution in [0.1, 0.15) is 55.9 Å². The van der Waals surface area contributed by atoms with Crippen LogP contribution in [0, 0.1) is 19.8 Å². The van der Waals surface area contributed by atoms with Gasteiger partial charge in [0.2, 0.25) is 5.91 Å². The van der Waals surface area contributed by atoms with Crippen molar-refractivity contribution in [3.05, 3.63) is 47.5 Å². The van der Waals surface area contributed by atoms with Gasteiger partial charge in [-0.3, -0.25) is 9.69 Å². The fraction of sp³-hybridized carbons (Fsp3) is 0.591. The van der Waals surface area contributed by atoms with Gasteiger partial charge in [-0.2, -0.15) is 5.10 Å². The molecule has 3 rings (SSSR count). The smallest absolute Gasteiger partial charge is 0.224 e. The molecule has 1 aliphatic heterocycles. The zero-order chi connectivity index (χ0) is 19.9. The number of rotatable bonds is 7. The molecule has 2 heterocycles. The van der Waals surface area contributed by atoms with Crippen molar-refractivity contribution in [1.29, 1.82) is 0 Å². The minimum Gasteiger partial charge on any atom is -0.354 e. The highest BCUT2D eigenvalue weighted by Gasteiger charge is 2.23. The second-order valence-corrected chi connectivity index (χ2v) is 7.91. The lowest BCUT2D eigenvalue weighted by Crippen LogP contribution is -2.41. The number of benzene rings is 1. The standard InChI is InChI=1S/C22H33N5O/c1-17(16-27-19(3)24-18(2)25-27)22(28)23-15-21(20-11-7-6-8-12-20)26-13-9-4-5-10-14-26/h6-8,11-12,17,21H,4-5,9-10,13-16H2,1-3H3,(H,23,28)/t17-,21-/m0/s1. The summed E-state index contributed by atoms with van der Waals surface area (Å²) >= 11 is 0. The monoisotopic (exact) mass is 383 g/mol. The minimum absolute atomic E-state index is 0.0725. The molecule has 6 heteroatoms. The molecule has 0 bridgehead atoms. The van der Waals surface area contributed by atoms with Crippen LogP contribution in [-0.4, -0.2) is 45.2 Å². The Hall–Kier alpha value is -2.21. The molecular formula is C22H33N5O. The molecule has 0 aliphatic carbocycles. The lowest BCUT2D eigenvalue weighted by molar-refractivity contribution is -0.125. The summed E-state index contributed by atoms with van der Waals surface area (Å²) in [6.45, 7) is 9.15. The summed E-state index contributed by atoms with van der Waals surface area (Å²) in [6, 6.07) is 10.8. The third kappa shape index (κ3) is 5.41. The molecule has 2 atom stereocenters. The maximum Gasteiger partial charge on any atom is 0.224 e. The van der Waals surface area contributed by atoms with Gasteiger partial charge < -0.3 is 5.32 Å². The van der Waals surface area contributed by atoms with E-state index in [-0.39, 0.29) is 17.9 Å². The number of aryl methyl sites for hydroxylation is 2. The second-order valence-electron chi connectivity index (χ2n) is 7.91. The van der Waals surface area contributed by atoms with E-state index >= 15 is 0 Å². The summed E-state index contributed by atoms with van der Waals surface area (Å²) in [6.07, 6.45) is 5.08. The largest absolute Gasteiger partial charge is 0.354 e. The first kappa shape index (κ1) is 20.5. The lowest BCUT2D eigenvalue weighted by Gasteiger charge is -2.31. The van der Waals surface area contributed by atoms with E-state index in [1.165, 1.54) is 31.2 Å². The van der Waals surface area contributed by atoms with Gasteiger partial charge in [-0.1, -0.05) is 50.1 Å². The average molecular weight is 384 g/mol. The van der Waals surface area contributed by atoms with E-state index in [1.807, 2.05) is 31.5 Å². The van der Waals surface area contributed by atoms with Crippen LogP contribution in [0.25, 0.3) is 0 Å². The Kier molecular flexibility index (Phi) is 7.20. The Balaban J connectivity index is 1.63. The first-order chi connectivity index (χ1) is 13.5. The normalized spacial score (nSPS) is 17.7. The van der Waals surface area contributed by atoms with E-state index in [2.05, 4.69) is 44.6 Å². The molecule has 28 heavy (non-hydrogen) atoms. The fourth-order valence-corrected chi connectivity index (χ4v) is 3.99. The van der Waals surface area contributed by atoms with E-state index in [4.69, 9.17) is 0 Å². The molecular weight excluding hydrogens is 350 g/mol. The van der Waals surface area contributed by atoms with Crippen molar-refractivity contribution in [2.45, 2.75) is 59.0 Å². The van der Waals surface area contributed by atoms with Crippen LogP contribution in [0.2, 0.25) is 0 Å². The van der Waals surface area contributed by atoms with Gasteiger partial charge in [0.15, 0.2) is 0 Å². The maximum atomic E-state index is 12.8. The van der Waals surface area contributed by atoms with Crippen LogP contribution in [0.5, 0.6) is 0 Å². The van der Waals surface area contributed by atoms with E-state index in [1.54, 1.807) is 0 Å². The van der Waals surface area contributed by atoms with Crippen molar-refractivity contribution < 1.29 is 4.79 Å². The number of carbonyl (C=O) groups excluding carboxylic acids is 1. The zero-order valence-electron chi connectivity index (χ0n) is 17.4. The third-order valence-electron chi connectivity index (χ3n) is 5.59. The highest BCUT2D eigenvalue weighted by atomic mass is 16.1. The topological polar surface area (TPSA) is 63.1 Å². The van der Waals surface area contributed by atoms with Crippen LogP contribution in [0.4, 0.5) is 0 Å².